The number of hydrogen-bond donors (Lipinski definition) is 1. The Kier molecular flexibility index (Phi) is 3.69. The van der Waals surface area contributed by atoms with Crippen LogP contribution in [0.25, 0.3) is 0 Å². The predicted molar refractivity (Wildman–Crippen MR) is 93.3 cm³/mol. The Hall–Kier alpha value is -2.82. The zero-order valence-corrected chi connectivity index (χ0v) is 13.8. The molecule has 0 unspecified atom stereocenters. The summed E-state index contributed by atoms with van der Waals surface area (Å²) in [6, 6.07) is 17.0. The lowest BCUT2D eigenvalue weighted by Crippen LogP contribution is -2.28. The monoisotopic (exact) mass is 320 g/mol. The number of fused-ring (bicyclic) bond motifs is 1. The fourth-order valence-corrected chi connectivity index (χ4v) is 3.42. The van der Waals surface area contributed by atoms with Crippen LogP contribution in [0.4, 0.5) is 5.95 Å². The number of ether oxygens (including phenoxy) is 1. The topological polar surface area (TPSA) is 52.0 Å². The molecule has 4 rings (SSSR count). The van der Waals surface area contributed by atoms with Gasteiger partial charge in [0.15, 0.2) is 0 Å². The first kappa shape index (κ1) is 14.8. The normalized spacial score (nSPS) is 19.4. The highest BCUT2D eigenvalue weighted by atomic mass is 16.5. The molecular formula is C19H20N4O. The van der Waals surface area contributed by atoms with Crippen molar-refractivity contribution >= 4 is 5.95 Å². The second-order valence-electron chi connectivity index (χ2n) is 6.11. The average Bonchev–Trinajstić information content (AvgIpc) is 3.10. The van der Waals surface area contributed by atoms with Gasteiger partial charge in [0.1, 0.15) is 12.1 Å². The Morgan fingerprint density at radius 1 is 1.17 bits per heavy atom. The SMILES string of the molecule is COc1cccc([C@@H]2C[C@@H](c3ccccc3C)n3ncnc3N2)c1. The maximum Gasteiger partial charge on any atom is 0.222 e. The highest BCUT2D eigenvalue weighted by molar-refractivity contribution is 5.41. The molecule has 3 aromatic rings. The van der Waals surface area contributed by atoms with Crippen molar-refractivity contribution < 1.29 is 4.74 Å². The maximum absolute atomic E-state index is 5.37. The molecule has 5 heteroatoms. The number of benzene rings is 2. The molecule has 1 N–H and O–H groups in total. The van der Waals surface area contributed by atoms with Crippen LogP contribution in [-0.4, -0.2) is 21.9 Å². The standard InChI is InChI=1S/C19H20N4O/c1-13-6-3-4-9-16(13)18-11-17(22-19-20-12-21-23(18)19)14-7-5-8-15(10-14)24-2/h3-10,12,17-18H,11H2,1-2H3,(H,20,21,22)/t17-,18-/m0/s1. The molecule has 0 radical (unpaired) electrons. The Balaban J connectivity index is 1.75. The minimum Gasteiger partial charge on any atom is -0.497 e. The van der Waals surface area contributed by atoms with E-state index in [0.717, 1.165) is 18.1 Å². The van der Waals surface area contributed by atoms with Crippen LogP contribution < -0.4 is 10.1 Å². The van der Waals surface area contributed by atoms with Gasteiger partial charge in [-0.2, -0.15) is 10.1 Å². The second kappa shape index (κ2) is 6.00. The summed E-state index contributed by atoms with van der Waals surface area (Å²) in [7, 11) is 1.69. The molecule has 0 bridgehead atoms. The number of hydrogen-bond acceptors (Lipinski definition) is 4. The number of nitrogens with zero attached hydrogens (tertiary/aromatic N) is 3. The highest BCUT2D eigenvalue weighted by Crippen LogP contribution is 2.38. The van der Waals surface area contributed by atoms with Crippen molar-refractivity contribution in [2.45, 2.75) is 25.4 Å². The van der Waals surface area contributed by atoms with Crippen LogP contribution in [0.5, 0.6) is 5.75 Å². The molecule has 0 saturated carbocycles. The lowest BCUT2D eigenvalue weighted by Gasteiger charge is -2.32. The van der Waals surface area contributed by atoms with E-state index in [0.29, 0.717) is 0 Å². The van der Waals surface area contributed by atoms with E-state index >= 15 is 0 Å². The predicted octanol–water partition coefficient (Wildman–Crippen LogP) is 3.74. The van der Waals surface area contributed by atoms with Crippen molar-refractivity contribution in [3.63, 3.8) is 0 Å². The smallest absolute Gasteiger partial charge is 0.222 e. The summed E-state index contributed by atoms with van der Waals surface area (Å²) < 4.78 is 7.35. The third kappa shape index (κ3) is 2.52. The molecule has 122 valence electrons. The Bertz CT molecular complexity index is 858. The molecule has 5 nitrogen and oxygen atoms in total. The van der Waals surface area contributed by atoms with Gasteiger partial charge in [-0.1, -0.05) is 36.4 Å². The van der Waals surface area contributed by atoms with Crippen molar-refractivity contribution in [3.05, 3.63) is 71.5 Å². The number of aromatic nitrogens is 3. The van der Waals surface area contributed by atoms with Crippen molar-refractivity contribution in [1.29, 1.82) is 0 Å². The molecule has 0 amide bonds. The Labute approximate surface area is 141 Å². The van der Waals surface area contributed by atoms with Crippen molar-refractivity contribution in [2.24, 2.45) is 0 Å². The summed E-state index contributed by atoms with van der Waals surface area (Å²) >= 11 is 0. The van der Waals surface area contributed by atoms with E-state index < -0.39 is 0 Å². The molecule has 1 aromatic heterocycles. The molecular weight excluding hydrogens is 300 g/mol. The molecule has 2 heterocycles. The summed E-state index contributed by atoms with van der Waals surface area (Å²) in [5.41, 5.74) is 3.76. The molecule has 2 atom stereocenters. The van der Waals surface area contributed by atoms with Gasteiger partial charge in [0.25, 0.3) is 0 Å². The molecule has 0 fully saturated rings. The zero-order chi connectivity index (χ0) is 16.5. The number of anilines is 1. The van der Waals surface area contributed by atoms with Gasteiger partial charge in [-0.25, -0.2) is 4.68 Å². The van der Waals surface area contributed by atoms with Crippen molar-refractivity contribution in [2.75, 3.05) is 12.4 Å². The van der Waals surface area contributed by atoms with Gasteiger partial charge < -0.3 is 10.1 Å². The van der Waals surface area contributed by atoms with Gasteiger partial charge in [0, 0.05) is 0 Å². The number of rotatable bonds is 3. The summed E-state index contributed by atoms with van der Waals surface area (Å²) in [4.78, 5) is 4.39. The van der Waals surface area contributed by atoms with Gasteiger partial charge in [0.05, 0.1) is 19.2 Å². The lowest BCUT2D eigenvalue weighted by atomic mass is 9.91. The third-order valence-electron chi connectivity index (χ3n) is 4.67. The molecule has 0 spiro atoms. The van der Waals surface area contributed by atoms with Crippen molar-refractivity contribution in [1.82, 2.24) is 14.8 Å². The summed E-state index contributed by atoms with van der Waals surface area (Å²) in [5.74, 6) is 1.68. The highest BCUT2D eigenvalue weighted by Gasteiger charge is 2.30. The number of aryl methyl sites for hydroxylation is 1. The van der Waals surface area contributed by atoms with E-state index in [2.05, 4.69) is 58.7 Å². The lowest BCUT2D eigenvalue weighted by molar-refractivity contribution is 0.409. The number of methoxy groups -OCH3 is 1. The van der Waals surface area contributed by atoms with Crippen LogP contribution in [-0.2, 0) is 0 Å². The molecule has 1 aliphatic rings. The van der Waals surface area contributed by atoms with Crippen molar-refractivity contribution in [3.8, 4) is 5.75 Å². The zero-order valence-electron chi connectivity index (χ0n) is 13.8. The van der Waals surface area contributed by atoms with E-state index in [1.54, 1.807) is 13.4 Å². The molecule has 24 heavy (non-hydrogen) atoms. The molecule has 2 aromatic carbocycles. The van der Waals surface area contributed by atoms with Crippen LogP contribution in [0.1, 0.15) is 35.2 Å². The summed E-state index contributed by atoms with van der Waals surface area (Å²) in [6.45, 7) is 2.15. The van der Waals surface area contributed by atoms with Crippen LogP contribution in [0, 0.1) is 6.92 Å². The quantitative estimate of drug-likeness (QED) is 0.799. The van der Waals surface area contributed by atoms with Gasteiger partial charge in [-0.3, -0.25) is 0 Å². The van der Waals surface area contributed by atoms with Crippen LogP contribution in [0.15, 0.2) is 54.9 Å². The first-order valence-corrected chi connectivity index (χ1v) is 8.12. The van der Waals surface area contributed by atoms with E-state index in [4.69, 9.17) is 4.74 Å². The first-order valence-electron chi connectivity index (χ1n) is 8.12. The molecule has 0 aliphatic carbocycles. The van der Waals surface area contributed by atoms with Crippen LogP contribution in [0.3, 0.4) is 0 Å². The first-order chi connectivity index (χ1) is 11.8. The van der Waals surface area contributed by atoms with Crippen LogP contribution >= 0.6 is 0 Å². The Morgan fingerprint density at radius 2 is 2.04 bits per heavy atom. The van der Waals surface area contributed by atoms with Gasteiger partial charge in [-0.15, -0.1) is 0 Å². The van der Waals surface area contributed by atoms with Gasteiger partial charge in [-0.05, 0) is 42.2 Å². The second-order valence-corrected chi connectivity index (χ2v) is 6.11. The van der Waals surface area contributed by atoms with E-state index in [-0.39, 0.29) is 12.1 Å². The summed E-state index contributed by atoms with van der Waals surface area (Å²) in [6.07, 6.45) is 2.52. The van der Waals surface area contributed by atoms with Crippen LogP contribution in [0.2, 0.25) is 0 Å². The minimum atomic E-state index is 0.168. The fourth-order valence-electron chi connectivity index (χ4n) is 3.42. The van der Waals surface area contributed by atoms with E-state index in [1.807, 2.05) is 16.8 Å². The van der Waals surface area contributed by atoms with Gasteiger partial charge in [0.2, 0.25) is 5.95 Å². The fraction of sp³-hybridized carbons (Fsp3) is 0.263. The van der Waals surface area contributed by atoms with E-state index in [9.17, 15) is 0 Å². The third-order valence-corrected chi connectivity index (χ3v) is 4.67. The van der Waals surface area contributed by atoms with E-state index in [1.165, 1.54) is 16.7 Å². The molecule has 1 aliphatic heterocycles. The Morgan fingerprint density at radius 3 is 2.88 bits per heavy atom. The largest absolute Gasteiger partial charge is 0.497 e. The average molecular weight is 320 g/mol. The summed E-state index contributed by atoms with van der Waals surface area (Å²) in [5, 5.41) is 7.93. The number of nitrogens with one attached hydrogen (secondary N) is 1. The maximum atomic E-state index is 5.37. The minimum absolute atomic E-state index is 0.168. The molecule has 0 saturated heterocycles. The van der Waals surface area contributed by atoms with Gasteiger partial charge >= 0.3 is 0 Å².